The van der Waals surface area contributed by atoms with Gasteiger partial charge in [0.1, 0.15) is 5.69 Å². The molecule has 0 saturated carbocycles. The number of rotatable bonds is 7. The summed E-state index contributed by atoms with van der Waals surface area (Å²) in [6, 6.07) is 15.0. The Morgan fingerprint density at radius 2 is 1.97 bits per heavy atom. The maximum absolute atomic E-state index is 13.6. The van der Waals surface area contributed by atoms with Gasteiger partial charge in [-0.05, 0) is 53.8 Å². The molecular weight excluding hydrogens is 396 g/mol. The van der Waals surface area contributed by atoms with Crippen LogP contribution in [0.5, 0.6) is 0 Å². The van der Waals surface area contributed by atoms with Gasteiger partial charge >= 0.3 is 0 Å². The number of hydrogen-bond acceptors (Lipinski definition) is 4. The second-order valence-corrected chi connectivity index (χ2v) is 8.77. The van der Waals surface area contributed by atoms with Gasteiger partial charge in [0.25, 0.3) is 5.56 Å². The third kappa shape index (κ3) is 4.39. The molecule has 4 rings (SSSR count). The molecule has 0 radical (unpaired) electrons. The van der Waals surface area contributed by atoms with Gasteiger partial charge in [0.2, 0.25) is 0 Å². The highest BCUT2D eigenvalue weighted by Gasteiger charge is 2.28. The van der Waals surface area contributed by atoms with Gasteiger partial charge in [0.05, 0.1) is 5.69 Å². The van der Waals surface area contributed by atoms with Crippen molar-refractivity contribution in [3.8, 4) is 22.4 Å². The van der Waals surface area contributed by atoms with Crippen molar-refractivity contribution in [2.75, 3.05) is 18.0 Å². The predicted molar refractivity (Wildman–Crippen MR) is 134 cm³/mol. The minimum atomic E-state index is 0.0401. The topological polar surface area (TPSA) is 50.2 Å². The fourth-order valence-electron chi connectivity index (χ4n) is 4.58. The molecular formula is C27H32N4O. The van der Waals surface area contributed by atoms with Crippen LogP contribution in [0.15, 0.2) is 66.2 Å². The van der Waals surface area contributed by atoms with Crippen molar-refractivity contribution < 1.29 is 0 Å². The van der Waals surface area contributed by atoms with Crippen molar-refractivity contribution in [3.63, 3.8) is 0 Å². The van der Waals surface area contributed by atoms with Crippen LogP contribution in [0.3, 0.4) is 0 Å². The molecule has 0 spiro atoms. The van der Waals surface area contributed by atoms with Crippen molar-refractivity contribution in [3.05, 3.63) is 77.4 Å². The Labute approximate surface area is 190 Å². The molecule has 3 heterocycles. The van der Waals surface area contributed by atoms with E-state index in [-0.39, 0.29) is 5.56 Å². The van der Waals surface area contributed by atoms with Crippen molar-refractivity contribution >= 4 is 11.8 Å². The largest absolute Gasteiger partial charge is 0.363 e. The standard InChI is InChI=1S/C27H32N4O/c1-5-20-8-6-9-22(16-20)26-24(21-11-13-28-14-12-21)17-25(27(32)30(26)4)31-15-7-10-23(31)18-29-19(2)3/h5-6,8-9,11-14,16-17,19,23,29H,1,7,10,15,18H2,2-4H3. The van der Waals surface area contributed by atoms with Crippen molar-refractivity contribution in [1.29, 1.82) is 0 Å². The first-order valence-corrected chi connectivity index (χ1v) is 11.4. The van der Waals surface area contributed by atoms with Gasteiger partial charge in [-0.3, -0.25) is 9.78 Å². The number of pyridine rings is 2. The van der Waals surface area contributed by atoms with Gasteiger partial charge in [0, 0.05) is 50.2 Å². The van der Waals surface area contributed by atoms with Gasteiger partial charge in [-0.15, -0.1) is 0 Å². The van der Waals surface area contributed by atoms with E-state index in [1.807, 2.05) is 37.4 Å². The second-order valence-electron chi connectivity index (χ2n) is 8.77. The molecule has 2 aromatic heterocycles. The molecule has 32 heavy (non-hydrogen) atoms. The number of nitrogens with one attached hydrogen (secondary N) is 1. The van der Waals surface area contributed by atoms with E-state index >= 15 is 0 Å². The first-order valence-electron chi connectivity index (χ1n) is 11.4. The van der Waals surface area contributed by atoms with Crippen LogP contribution >= 0.6 is 0 Å². The summed E-state index contributed by atoms with van der Waals surface area (Å²) in [5, 5.41) is 3.55. The molecule has 1 atom stereocenters. The number of nitrogens with zero attached hydrogens (tertiary/aromatic N) is 3. The smallest absolute Gasteiger partial charge is 0.274 e. The zero-order valence-electron chi connectivity index (χ0n) is 19.2. The Morgan fingerprint density at radius 3 is 2.69 bits per heavy atom. The SMILES string of the molecule is C=Cc1cccc(-c2c(-c3ccncc3)cc(N3CCCC3CNC(C)C)c(=O)n2C)c1. The average molecular weight is 429 g/mol. The number of benzene rings is 1. The quantitative estimate of drug-likeness (QED) is 0.591. The van der Waals surface area contributed by atoms with E-state index in [4.69, 9.17) is 0 Å². The lowest BCUT2D eigenvalue weighted by Gasteiger charge is -2.29. The zero-order valence-corrected chi connectivity index (χ0v) is 19.2. The van der Waals surface area contributed by atoms with Crippen LogP contribution in [0.2, 0.25) is 0 Å². The highest BCUT2D eigenvalue weighted by molar-refractivity contribution is 5.84. The molecule has 1 N–H and O–H groups in total. The highest BCUT2D eigenvalue weighted by atomic mass is 16.1. The predicted octanol–water partition coefficient (Wildman–Crippen LogP) is 4.72. The Bertz CT molecular complexity index is 1150. The zero-order chi connectivity index (χ0) is 22.7. The maximum atomic E-state index is 13.6. The Balaban J connectivity index is 1.88. The minimum Gasteiger partial charge on any atom is -0.363 e. The van der Waals surface area contributed by atoms with Crippen LogP contribution in [-0.4, -0.2) is 34.7 Å². The van der Waals surface area contributed by atoms with Crippen molar-refractivity contribution in [2.45, 2.75) is 38.8 Å². The van der Waals surface area contributed by atoms with Gasteiger partial charge in [-0.1, -0.05) is 44.7 Å². The van der Waals surface area contributed by atoms with Crippen LogP contribution in [0.4, 0.5) is 5.69 Å². The molecule has 0 aliphatic carbocycles. The van der Waals surface area contributed by atoms with Gasteiger partial charge in [-0.2, -0.15) is 0 Å². The summed E-state index contributed by atoms with van der Waals surface area (Å²) in [5.74, 6) is 0. The molecule has 1 saturated heterocycles. The molecule has 5 heteroatoms. The van der Waals surface area contributed by atoms with E-state index < -0.39 is 0 Å². The molecule has 0 amide bonds. The monoisotopic (exact) mass is 428 g/mol. The lowest BCUT2D eigenvalue weighted by molar-refractivity contribution is 0.523. The summed E-state index contributed by atoms with van der Waals surface area (Å²) in [6.45, 7) is 10.0. The molecule has 5 nitrogen and oxygen atoms in total. The Morgan fingerprint density at radius 1 is 1.19 bits per heavy atom. The van der Waals surface area contributed by atoms with E-state index in [0.717, 1.165) is 59.6 Å². The van der Waals surface area contributed by atoms with Crippen LogP contribution in [0, 0.1) is 0 Å². The lowest BCUT2D eigenvalue weighted by atomic mass is 9.97. The summed E-state index contributed by atoms with van der Waals surface area (Å²) >= 11 is 0. The van der Waals surface area contributed by atoms with Crippen molar-refractivity contribution in [1.82, 2.24) is 14.9 Å². The summed E-state index contributed by atoms with van der Waals surface area (Å²) in [5.41, 5.74) is 5.83. The number of hydrogen-bond donors (Lipinski definition) is 1. The van der Waals surface area contributed by atoms with Crippen LogP contribution in [0.25, 0.3) is 28.5 Å². The maximum Gasteiger partial charge on any atom is 0.274 e. The molecule has 1 aliphatic rings. The van der Waals surface area contributed by atoms with E-state index in [0.29, 0.717) is 12.1 Å². The van der Waals surface area contributed by atoms with E-state index in [9.17, 15) is 4.79 Å². The van der Waals surface area contributed by atoms with Crippen LogP contribution in [0.1, 0.15) is 32.3 Å². The average Bonchev–Trinajstić information content (AvgIpc) is 3.28. The van der Waals surface area contributed by atoms with Crippen LogP contribution < -0.4 is 15.8 Å². The van der Waals surface area contributed by atoms with E-state index in [2.05, 4.69) is 53.8 Å². The second kappa shape index (κ2) is 9.53. The third-order valence-electron chi connectivity index (χ3n) is 6.23. The first-order chi connectivity index (χ1) is 15.5. The van der Waals surface area contributed by atoms with Crippen LogP contribution in [-0.2, 0) is 7.05 Å². The highest BCUT2D eigenvalue weighted by Crippen LogP contribution is 2.35. The Kier molecular flexibility index (Phi) is 6.56. The minimum absolute atomic E-state index is 0.0401. The first kappa shape index (κ1) is 22.0. The number of aromatic nitrogens is 2. The summed E-state index contributed by atoms with van der Waals surface area (Å²) in [7, 11) is 1.88. The molecule has 1 aliphatic heterocycles. The van der Waals surface area contributed by atoms with E-state index in [1.54, 1.807) is 17.0 Å². The summed E-state index contributed by atoms with van der Waals surface area (Å²) in [6.07, 6.45) is 7.63. The molecule has 1 unspecified atom stereocenters. The molecule has 1 fully saturated rings. The lowest BCUT2D eigenvalue weighted by Crippen LogP contribution is -2.42. The van der Waals surface area contributed by atoms with E-state index in [1.165, 1.54) is 0 Å². The summed E-state index contributed by atoms with van der Waals surface area (Å²) in [4.78, 5) is 20.1. The fourth-order valence-corrected chi connectivity index (χ4v) is 4.58. The van der Waals surface area contributed by atoms with Gasteiger partial charge < -0.3 is 14.8 Å². The normalized spacial score (nSPS) is 16.0. The third-order valence-corrected chi connectivity index (χ3v) is 6.23. The summed E-state index contributed by atoms with van der Waals surface area (Å²) < 4.78 is 1.80. The van der Waals surface area contributed by atoms with Crippen molar-refractivity contribution in [2.24, 2.45) is 7.05 Å². The van der Waals surface area contributed by atoms with Gasteiger partial charge in [-0.25, -0.2) is 0 Å². The fraction of sp³-hybridized carbons (Fsp3) is 0.333. The Hall–Kier alpha value is -3.18. The molecule has 0 bridgehead atoms. The molecule has 1 aromatic carbocycles. The van der Waals surface area contributed by atoms with Gasteiger partial charge in [0.15, 0.2) is 0 Å². The molecule has 3 aromatic rings. The molecule has 166 valence electrons. The number of anilines is 1.